The summed E-state index contributed by atoms with van der Waals surface area (Å²) in [6.07, 6.45) is 5.11. The number of benzene rings is 1. The van der Waals surface area contributed by atoms with Crippen LogP contribution in [0.3, 0.4) is 0 Å². The molecule has 0 spiro atoms. The maximum atomic E-state index is 2.60. The molecule has 1 heteroatoms. The number of rotatable bonds is 4. The van der Waals surface area contributed by atoms with Crippen molar-refractivity contribution in [2.45, 2.75) is 58.4 Å². The van der Waals surface area contributed by atoms with Crippen LogP contribution in [0.15, 0.2) is 24.3 Å². The second-order valence-corrected chi connectivity index (χ2v) is 5.90. The minimum atomic E-state index is 0.706. The lowest BCUT2D eigenvalue weighted by molar-refractivity contribution is 0.172. The molecule has 1 nitrogen and oxygen atoms in total. The third-order valence-corrected chi connectivity index (χ3v) is 4.25. The second-order valence-electron chi connectivity index (χ2n) is 5.90. The van der Waals surface area contributed by atoms with Gasteiger partial charge in [0, 0.05) is 6.04 Å². The molecule has 0 saturated carbocycles. The molecule has 2 rings (SSSR count). The summed E-state index contributed by atoms with van der Waals surface area (Å²) < 4.78 is 0. The van der Waals surface area contributed by atoms with E-state index in [1.165, 1.54) is 44.3 Å². The molecule has 0 aliphatic carbocycles. The van der Waals surface area contributed by atoms with Gasteiger partial charge in [0.25, 0.3) is 0 Å². The molecule has 1 aromatic rings. The summed E-state index contributed by atoms with van der Waals surface area (Å²) in [5.41, 5.74) is 3.04. The van der Waals surface area contributed by atoms with Gasteiger partial charge in [0.05, 0.1) is 0 Å². The molecule has 0 amide bonds. The minimum absolute atomic E-state index is 0.706. The molecule has 1 saturated heterocycles. The van der Waals surface area contributed by atoms with Gasteiger partial charge in [0.2, 0.25) is 0 Å². The Balaban J connectivity index is 1.93. The third kappa shape index (κ3) is 3.35. The van der Waals surface area contributed by atoms with Crippen molar-refractivity contribution in [3.05, 3.63) is 35.4 Å². The minimum Gasteiger partial charge on any atom is -0.301 e. The zero-order valence-electron chi connectivity index (χ0n) is 12.2. The number of hydrogen-bond donors (Lipinski definition) is 0. The maximum absolute atomic E-state index is 2.60. The first-order chi connectivity index (χ1) is 8.70. The first kappa shape index (κ1) is 13.6. The summed E-state index contributed by atoms with van der Waals surface area (Å²) in [5.74, 6) is 0.788. The highest BCUT2D eigenvalue weighted by atomic mass is 15.1. The van der Waals surface area contributed by atoms with Crippen molar-refractivity contribution in [2.75, 3.05) is 13.1 Å². The van der Waals surface area contributed by atoms with E-state index in [0.717, 1.165) is 5.92 Å². The van der Waals surface area contributed by atoms with Gasteiger partial charge in [0.15, 0.2) is 0 Å². The normalized spacial score (nSPS) is 18.4. The molecule has 1 aliphatic rings. The Kier molecular flexibility index (Phi) is 4.82. The monoisotopic (exact) mass is 245 g/mol. The smallest absolute Gasteiger partial charge is 0.00385 e. The van der Waals surface area contributed by atoms with Crippen LogP contribution < -0.4 is 0 Å². The van der Waals surface area contributed by atoms with Crippen LogP contribution in [-0.2, 0) is 6.42 Å². The van der Waals surface area contributed by atoms with Crippen molar-refractivity contribution in [2.24, 2.45) is 0 Å². The average molecular weight is 245 g/mol. The van der Waals surface area contributed by atoms with Crippen LogP contribution in [0.1, 0.15) is 57.1 Å². The van der Waals surface area contributed by atoms with E-state index < -0.39 is 0 Å². The molecule has 1 heterocycles. The van der Waals surface area contributed by atoms with Gasteiger partial charge in [-0.25, -0.2) is 0 Å². The summed E-state index contributed by atoms with van der Waals surface area (Å²) >= 11 is 0. The number of piperidine rings is 1. The highest BCUT2D eigenvalue weighted by molar-refractivity contribution is 5.26. The van der Waals surface area contributed by atoms with Crippen LogP contribution in [-0.4, -0.2) is 24.0 Å². The summed E-state index contributed by atoms with van der Waals surface area (Å²) in [4.78, 5) is 2.60. The fraction of sp³-hybridized carbons (Fsp3) is 0.647. The first-order valence-corrected chi connectivity index (χ1v) is 7.53. The Morgan fingerprint density at radius 2 is 1.72 bits per heavy atom. The lowest BCUT2D eigenvalue weighted by Gasteiger charge is -2.34. The van der Waals surface area contributed by atoms with Gasteiger partial charge in [-0.2, -0.15) is 0 Å². The topological polar surface area (TPSA) is 3.24 Å². The Labute approximate surface area is 112 Å². The molecular formula is C17H27N. The van der Waals surface area contributed by atoms with E-state index in [0.29, 0.717) is 6.04 Å². The standard InChI is InChI=1S/C17H27N/c1-4-5-15-6-8-16(9-7-15)17-10-12-18(13-11-17)14(2)3/h6-9,14,17H,4-5,10-13H2,1-3H3. The van der Waals surface area contributed by atoms with E-state index in [9.17, 15) is 0 Å². The summed E-state index contributed by atoms with van der Waals surface area (Å²) in [6, 6.07) is 10.1. The molecule has 100 valence electrons. The van der Waals surface area contributed by atoms with E-state index in [-0.39, 0.29) is 0 Å². The van der Waals surface area contributed by atoms with E-state index >= 15 is 0 Å². The molecule has 0 N–H and O–H groups in total. The van der Waals surface area contributed by atoms with Crippen LogP contribution >= 0.6 is 0 Å². The van der Waals surface area contributed by atoms with E-state index in [1.54, 1.807) is 5.56 Å². The second kappa shape index (κ2) is 6.38. The van der Waals surface area contributed by atoms with Crippen molar-refractivity contribution >= 4 is 0 Å². The highest BCUT2D eigenvalue weighted by Gasteiger charge is 2.21. The fourth-order valence-corrected chi connectivity index (χ4v) is 2.99. The average Bonchev–Trinajstić information content (AvgIpc) is 2.40. The van der Waals surface area contributed by atoms with Gasteiger partial charge >= 0.3 is 0 Å². The van der Waals surface area contributed by atoms with Gasteiger partial charge in [-0.05, 0) is 63.2 Å². The molecular weight excluding hydrogens is 218 g/mol. The van der Waals surface area contributed by atoms with Crippen molar-refractivity contribution in [1.29, 1.82) is 0 Å². The fourth-order valence-electron chi connectivity index (χ4n) is 2.99. The van der Waals surface area contributed by atoms with Crippen LogP contribution in [0, 0.1) is 0 Å². The number of nitrogens with zero attached hydrogens (tertiary/aromatic N) is 1. The Hall–Kier alpha value is -0.820. The molecule has 0 unspecified atom stereocenters. The number of hydrogen-bond acceptors (Lipinski definition) is 1. The van der Waals surface area contributed by atoms with Crippen molar-refractivity contribution in [1.82, 2.24) is 4.90 Å². The molecule has 1 fully saturated rings. The van der Waals surface area contributed by atoms with Crippen molar-refractivity contribution in [3.8, 4) is 0 Å². The van der Waals surface area contributed by atoms with Gasteiger partial charge in [-0.1, -0.05) is 37.6 Å². The largest absolute Gasteiger partial charge is 0.301 e. The SMILES string of the molecule is CCCc1ccc(C2CCN(C(C)C)CC2)cc1. The number of likely N-dealkylation sites (tertiary alicyclic amines) is 1. The molecule has 0 aromatic heterocycles. The third-order valence-electron chi connectivity index (χ3n) is 4.25. The van der Waals surface area contributed by atoms with E-state index in [2.05, 4.69) is 49.9 Å². The Morgan fingerprint density at radius 3 is 2.22 bits per heavy atom. The summed E-state index contributed by atoms with van der Waals surface area (Å²) in [5, 5.41) is 0. The van der Waals surface area contributed by atoms with Crippen LogP contribution in [0.5, 0.6) is 0 Å². The van der Waals surface area contributed by atoms with Gasteiger partial charge in [-0.3, -0.25) is 0 Å². The van der Waals surface area contributed by atoms with Crippen molar-refractivity contribution < 1.29 is 0 Å². The van der Waals surface area contributed by atoms with Gasteiger partial charge < -0.3 is 4.90 Å². The lowest BCUT2D eigenvalue weighted by atomic mass is 9.88. The van der Waals surface area contributed by atoms with E-state index in [1.807, 2.05) is 0 Å². The molecule has 0 atom stereocenters. The summed E-state index contributed by atoms with van der Waals surface area (Å²) in [6.45, 7) is 9.38. The Bertz CT molecular complexity index is 344. The molecule has 1 aromatic carbocycles. The molecule has 0 radical (unpaired) electrons. The molecule has 1 aliphatic heterocycles. The molecule has 0 bridgehead atoms. The molecule has 18 heavy (non-hydrogen) atoms. The highest BCUT2D eigenvalue weighted by Crippen LogP contribution is 2.28. The van der Waals surface area contributed by atoms with Crippen LogP contribution in [0.25, 0.3) is 0 Å². The van der Waals surface area contributed by atoms with Gasteiger partial charge in [-0.15, -0.1) is 0 Å². The predicted octanol–water partition coefficient (Wildman–Crippen LogP) is 4.23. The zero-order valence-corrected chi connectivity index (χ0v) is 12.2. The van der Waals surface area contributed by atoms with Gasteiger partial charge in [0.1, 0.15) is 0 Å². The summed E-state index contributed by atoms with van der Waals surface area (Å²) in [7, 11) is 0. The zero-order chi connectivity index (χ0) is 13.0. The number of aryl methyl sites for hydroxylation is 1. The Morgan fingerprint density at radius 1 is 1.11 bits per heavy atom. The van der Waals surface area contributed by atoms with Crippen molar-refractivity contribution in [3.63, 3.8) is 0 Å². The first-order valence-electron chi connectivity index (χ1n) is 7.53. The quantitative estimate of drug-likeness (QED) is 0.767. The predicted molar refractivity (Wildman–Crippen MR) is 79.1 cm³/mol. The van der Waals surface area contributed by atoms with Crippen LogP contribution in [0.4, 0.5) is 0 Å². The maximum Gasteiger partial charge on any atom is 0.00385 e. The van der Waals surface area contributed by atoms with E-state index in [4.69, 9.17) is 0 Å². The lowest BCUT2D eigenvalue weighted by Crippen LogP contribution is -2.37. The van der Waals surface area contributed by atoms with Crippen LogP contribution in [0.2, 0.25) is 0 Å².